The molecule has 0 aliphatic heterocycles. The highest BCUT2D eigenvalue weighted by Gasteiger charge is 2.02. The van der Waals surface area contributed by atoms with Crippen LogP contribution in [-0.4, -0.2) is 4.57 Å². The van der Waals surface area contributed by atoms with Gasteiger partial charge in [-0.25, -0.2) is 9.13 Å². The summed E-state index contributed by atoms with van der Waals surface area (Å²) >= 11 is 0. The lowest BCUT2D eigenvalue weighted by Crippen LogP contribution is -2.23. The highest BCUT2D eigenvalue weighted by Crippen LogP contribution is 1.93. The van der Waals surface area contributed by atoms with Gasteiger partial charge in [-0.2, -0.15) is 0 Å². The van der Waals surface area contributed by atoms with Crippen molar-refractivity contribution in [2.45, 2.75) is 13.5 Å². The molecule has 0 bridgehead atoms. The Morgan fingerprint density at radius 2 is 2.50 bits per heavy atom. The molecule has 54 valence electrons. The van der Waals surface area contributed by atoms with Gasteiger partial charge in [0.15, 0.2) is 0 Å². The topological polar surface area (TPSA) is 8.81 Å². The lowest BCUT2D eigenvalue weighted by molar-refractivity contribution is -0.671. The zero-order valence-corrected chi connectivity index (χ0v) is 6.54. The van der Waals surface area contributed by atoms with E-state index in [0.717, 1.165) is 6.54 Å². The second kappa shape index (κ2) is 2.69. The molecule has 2 nitrogen and oxygen atoms in total. The van der Waals surface area contributed by atoms with Gasteiger partial charge in [-0.05, 0) is 0 Å². The second-order valence-corrected chi connectivity index (χ2v) is 2.49. The van der Waals surface area contributed by atoms with Gasteiger partial charge >= 0.3 is 0 Å². The summed E-state index contributed by atoms with van der Waals surface area (Å²) in [5.74, 6) is 0. The van der Waals surface area contributed by atoms with Crippen LogP contribution in [0, 0.1) is 6.92 Å². The minimum Gasteiger partial charge on any atom is -0.239 e. The molecule has 2 heteroatoms. The molecule has 0 N–H and O–H groups in total. The zero-order valence-electron chi connectivity index (χ0n) is 6.54. The number of aromatic nitrogens is 2. The van der Waals surface area contributed by atoms with E-state index < -0.39 is 0 Å². The van der Waals surface area contributed by atoms with Gasteiger partial charge < -0.3 is 0 Å². The van der Waals surface area contributed by atoms with Crippen molar-refractivity contribution in [2.24, 2.45) is 7.05 Å². The van der Waals surface area contributed by atoms with Crippen molar-refractivity contribution in [3.63, 3.8) is 0 Å². The molecule has 0 amide bonds. The van der Waals surface area contributed by atoms with Crippen molar-refractivity contribution in [1.29, 1.82) is 0 Å². The van der Waals surface area contributed by atoms with Crippen molar-refractivity contribution in [3.05, 3.63) is 30.9 Å². The number of hydrogen-bond acceptors (Lipinski definition) is 0. The van der Waals surface area contributed by atoms with Crippen LogP contribution in [0.2, 0.25) is 0 Å². The monoisotopic (exact) mass is 137 g/mol. The summed E-state index contributed by atoms with van der Waals surface area (Å²) in [7, 11) is 2.02. The Morgan fingerprint density at radius 3 is 2.90 bits per heavy atom. The fourth-order valence-corrected chi connectivity index (χ4v) is 1.04. The molecule has 0 unspecified atom stereocenters. The summed E-state index contributed by atoms with van der Waals surface area (Å²) in [5.41, 5.74) is 1.27. The van der Waals surface area contributed by atoms with Crippen LogP contribution in [0.3, 0.4) is 0 Å². The van der Waals surface area contributed by atoms with E-state index in [1.54, 1.807) is 0 Å². The van der Waals surface area contributed by atoms with Gasteiger partial charge in [0.1, 0.15) is 18.4 Å². The number of hydrogen-bond donors (Lipinski definition) is 0. The predicted octanol–water partition coefficient (Wildman–Crippen LogP) is 0.807. The number of allylic oxidation sites excluding steroid dienone is 1. The van der Waals surface area contributed by atoms with E-state index in [1.165, 1.54) is 5.69 Å². The summed E-state index contributed by atoms with van der Waals surface area (Å²) in [6.07, 6.45) is 6.04. The standard InChI is InChI=1S/C8H13N2/c1-4-5-10-7-9(3)6-8(10)2/h4,6-7H,1,5H2,2-3H3/q+1. The van der Waals surface area contributed by atoms with Crippen molar-refractivity contribution >= 4 is 0 Å². The largest absolute Gasteiger partial charge is 0.244 e. The van der Waals surface area contributed by atoms with Crippen LogP contribution in [0.15, 0.2) is 25.2 Å². The van der Waals surface area contributed by atoms with E-state index in [-0.39, 0.29) is 0 Å². The molecule has 0 aliphatic carbocycles. The predicted molar refractivity (Wildman–Crippen MR) is 40.5 cm³/mol. The number of aryl methyl sites for hydroxylation is 2. The van der Waals surface area contributed by atoms with E-state index in [9.17, 15) is 0 Å². The van der Waals surface area contributed by atoms with E-state index in [1.807, 2.05) is 17.7 Å². The molecule has 0 saturated heterocycles. The normalized spacial score (nSPS) is 9.80. The molecular weight excluding hydrogens is 124 g/mol. The van der Waals surface area contributed by atoms with Crippen LogP contribution in [0.1, 0.15) is 5.69 Å². The van der Waals surface area contributed by atoms with Crippen molar-refractivity contribution in [1.82, 2.24) is 4.57 Å². The van der Waals surface area contributed by atoms with Gasteiger partial charge in [-0.1, -0.05) is 12.7 Å². The SMILES string of the molecule is C=CCn1c[n+](C)cc1C. The van der Waals surface area contributed by atoms with Gasteiger partial charge in [-0.15, -0.1) is 0 Å². The Kier molecular flexibility index (Phi) is 1.90. The van der Waals surface area contributed by atoms with Crippen LogP contribution in [0.5, 0.6) is 0 Å². The molecule has 1 heterocycles. The fraction of sp³-hybridized carbons (Fsp3) is 0.375. The quantitative estimate of drug-likeness (QED) is 0.421. The van der Waals surface area contributed by atoms with Gasteiger partial charge in [0.25, 0.3) is 0 Å². The lowest BCUT2D eigenvalue weighted by Gasteiger charge is -1.88. The van der Waals surface area contributed by atoms with Gasteiger partial charge in [0, 0.05) is 6.92 Å². The van der Waals surface area contributed by atoms with E-state index in [4.69, 9.17) is 0 Å². The van der Waals surface area contributed by atoms with E-state index in [2.05, 4.69) is 30.6 Å². The van der Waals surface area contributed by atoms with E-state index in [0.29, 0.717) is 0 Å². The van der Waals surface area contributed by atoms with Crippen LogP contribution in [-0.2, 0) is 13.6 Å². The Morgan fingerprint density at radius 1 is 1.80 bits per heavy atom. The van der Waals surface area contributed by atoms with Crippen LogP contribution in [0.25, 0.3) is 0 Å². The van der Waals surface area contributed by atoms with Gasteiger partial charge in [-0.3, -0.25) is 0 Å². The fourth-order valence-electron chi connectivity index (χ4n) is 1.04. The maximum Gasteiger partial charge on any atom is 0.244 e. The first-order valence-electron chi connectivity index (χ1n) is 3.37. The molecule has 10 heavy (non-hydrogen) atoms. The molecule has 0 aliphatic rings. The van der Waals surface area contributed by atoms with Crippen LogP contribution in [0.4, 0.5) is 0 Å². The maximum atomic E-state index is 3.68. The first kappa shape index (κ1) is 7.06. The first-order chi connectivity index (χ1) is 4.74. The molecule has 0 atom stereocenters. The summed E-state index contributed by atoms with van der Waals surface area (Å²) in [6, 6.07) is 0. The first-order valence-corrected chi connectivity index (χ1v) is 3.37. The third-order valence-electron chi connectivity index (χ3n) is 1.49. The molecule has 0 saturated carbocycles. The Hall–Kier alpha value is -1.05. The van der Waals surface area contributed by atoms with Crippen molar-refractivity contribution < 1.29 is 4.57 Å². The summed E-state index contributed by atoms with van der Waals surface area (Å²) in [6.45, 7) is 6.66. The minimum atomic E-state index is 0.896. The molecule has 1 aromatic heterocycles. The lowest BCUT2D eigenvalue weighted by atomic mass is 10.5. The number of rotatable bonds is 2. The maximum absolute atomic E-state index is 3.68. The number of nitrogens with zero attached hydrogens (tertiary/aromatic N) is 2. The Labute approximate surface area is 61.4 Å². The zero-order chi connectivity index (χ0) is 7.56. The van der Waals surface area contributed by atoms with Crippen molar-refractivity contribution in [3.8, 4) is 0 Å². The van der Waals surface area contributed by atoms with Crippen molar-refractivity contribution in [2.75, 3.05) is 0 Å². The molecule has 0 aromatic carbocycles. The van der Waals surface area contributed by atoms with Crippen LogP contribution < -0.4 is 4.57 Å². The average molecular weight is 137 g/mol. The van der Waals surface area contributed by atoms with Gasteiger partial charge in [0.05, 0.1) is 7.05 Å². The second-order valence-electron chi connectivity index (χ2n) is 2.49. The third-order valence-corrected chi connectivity index (χ3v) is 1.49. The van der Waals surface area contributed by atoms with Crippen LogP contribution >= 0.6 is 0 Å². The molecule has 0 radical (unpaired) electrons. The molecule has 1 rings (SSSR count). The highest BCUT2D eigenvalue weighted by molar-refractivity contribution is 4.90. The molecule has 0 fully saturated rings. The third kappa shape index (κ3) is 1.26. The Balaban J connectivity index is 2.91. The molecular formula is C8H13N2+. The highest BCUT2D eigenvalue weighted by atomic mass is 15.1. The number of imidazole rings is 1. The average Bonchev–Trinajstić information content (AvgIpc) is 2.13. The summed E-state index contributed by atoms with van der Waals surface area (Å²) < 4.78 is 4.19. The summed E-state index contributed by atoms with van der Waals surface area (Å²) in [4.78, 5) is 0. The molecule has 1 aromatic rings. The summed E-state index contributed by atoms with van der Waals surface area (Å²) in [5, 5.41) is 0. The molecule has 0 spiro atoms. The van der Waals surface area contributed by atoms with Gasteiger partial charge in [0.2, 0.25) is 6.33 Å². The Bertz CT molecular complexity index is 235. The minimum absolute atomic E-state index is 0.896. The smallest absolute Gasteiger partial charge is 0.239 e. The van der Waals surface area contributed by atoms with E-state index >= 15 is 0 Å².